The van der Waals surface area contributed by atoms with Gasteiger partial charge in [-0.2, -0.15) is 0 Å². The van der Waals surface area contributed by atoms with Crippen LogP contribution >= 0.6 is 0 Å². The number of ketones is 10. The van der Waals surface area contributed by atoms with Gasteiger partial charge >= 0.3 is 17.9 Å². The van der Waals surface area contributed by atoms with Gasteiger partial charge in [-0.3, -0.25) is 57.5 Å². The Morgan fingerprint density at radius 2 is 0.628 bits per heavy atom. The van der Waals surface area contributed by atoms with E-state index in [0.717, 1.165) is 0 Å². The fourth-order valence-electron chi connectivity index (χ4n) is 3.75. The lowest BCUT2D eigenvalue weighted by Crippen LogP contribution is -2.11. The summed E-state index contributed by atoms with van der Waals surface area (Å²) in [6, 6.07) is 0. The molecule has 0 aliphatic carbocycles. The summed E-state index contributed by atoms with van der Waals surface area (Å²) in [6.07, 6.45) is 7.58. The summed E-state index contributed by atoms with van der Waals surface area (Å²) in [7, 11) is 1.32. The van der Waals surface area contributed by atoms with Crippen LogP contribution in [0.2, 0.25) is 0 Å². The molecule has 0 fully saturated rings. The van der Waals surface area contributed by atoms with E-state index in [1.807, 2.05) is 69.2 Å². The second kappa shape index (κ2) is 65.4. The van der Waals surface area contributed by atoms with E-state index >= 15 is 0 Å². The predicted molar refractivity (Wildman–Crippen MR) is 319 cm³/mol. The maximum Gasteiger partial charge on any atom is 0.306 e. The number of rotatable bonds is 25. The van der Waals surface area contributed by atoms with Crippen LogP contribution in [-0.2, 0) is 76.5 Å². The summed E-state index contributed by atoms with van der Waals surface area (Å²) in [5, 5.41) is 0. The molecule has 16 heteroatoms. The molecule has 16 nitrogen and oxygen atoms in total. The summed E-state index contributed by atoms with van der Waals surface area (Å²) in [6.45, 7) is 35.8. The molecule has 0 N–H and O–H groups in total. The Bertz CT molecular complexity index is 1730. The van der Waals surface area contributed by atoms with Crippen molar-refractivity contribution < 1.29 is 76.5 Å². The Morgan fingerprint density at radius 3 is 0.795 bits per heavy atom. The minimum absolute atomic E-state index is 0. The fourth-order valence-corrected chi connectivity index (χ4v) is 3.75. The molecule has 0 rings (SSSR count). The van der Waals surface area contributed by atoms with Gasteiger partial charge in [0.15, 0.2) is 23.1 Å². The quantitative estimate of drug-likeness (QED) is 0.0271. The van der Waals surface area contributed by atoms with Gasteiger partial charge in [0.25, 0.3) is 0 Å². The number of carbonyl (C=O) groups excluding carboxylic acids is 13. The number of carbonyl (C=O) groups is 13. The van der Waals surface area contributed by atoms with Gasteiger partial charge in [0.2, 0.25) is 5.78 Å². The van der Waals surface area contributed by atoms with E-state index in [1.165, 1.54) is 52.2 Å². The van der Waals surface area contributed by atoms with Gasteiger partial charge in [-0.1, -0.05) is 140 Å². The summed E-state index contributed by atoms with van der Waals surface area (Å²) >= 11 is 0. The van der Waals surface area contributed by atoms with Crippen molar-refractivity contribution in [2.75, 3.05) is 20.3 Å². The molecule has 0 spiro atoms. The number of ether oxygens (including phenoxy) is 3. The second-order valence-corrected chi connectivity index (χ2v) is 18.3. The van der Waals surface area contributed by atoms with Crippen LogP contribution in [0.4, 0.5) is 0 Å². The number of Topliss-reactive ketones (excluding diaryl/α,β-unsaturated/α-hetero) is 6. The average Bonchev–Trinajstić information content (AvgIpc) is 3.30. The third kappa shape index (κ3) is 84.1. The number of esters is 3. The van der Waals surface area contributed by atoms with Crippen molar-refractivity contribution in [3.05, 3.63) is 24.3 Å². The Balaban J connectivity index is -0.0000000647. The van der Waals surface area contributed by atoms with Crippen molar-refractivity contribution in [1.29, 1.82) is 0 Å². The zero-order valence-electron chi connectivity index (χ0n) is 48.5. The number of methoxy groups -OCH3 is 1. The van der Waals surface area contributed by atoms with Crippen molar-refractivity contribution in [2.45, 2.75) is 227 Å². The molecule has 0 aromatic heterocycles. The van der Waals surface area contributed by atoms with E-state index < -0.39 is 0 Å². The first-order valence-corrected chi connectivity index (χ1v) is 24.9. The maximum absolute atomic E-state index is 11.0. The van der Waals surface area contributed by atoms with Crippen LogP contribution in [0.15, 0.2) is 24.3 Å². The van der Waals surface area contributed by atoms with Crippen LogP contribution < -0.4 is 0 Å². The van der Waals surface area contributed by atoms with Crippen LogP contribution in [0.25, 0.3) is 0 Å². The molecule has 0 aromatic carbocycles. The average molecular weight is 1120 g/mol. The molecule has 458 valence electrons. The van der Waals surface area contributed by atoms with Crippen LogP contribution in [-0.4, -0.2) is 96.1 Å². The number of allylic oxidation sites excluding steroid dienone is 4. The standard InChI is InChI=1S/2C9H16O3.C8H14O3.C8H14O2.2C8H12O2.C7H10O.5CH4/c2*1-4-12-9(11)6-5-8(10)7(2)3;1-6(2)7(9)4-5-8(10)11-3;3*1-6(2)8(10)5-4-7(3)9;1-4-5-7(8)6(2)3;;;;;/h2*7H,4-6H2,1-3H3;6H,4-5H2,1-3H3;6H,4-5H2,1-3H3;2*4-6H,1-3H3;6H,1-3H3;5*1H4/b;;;;2*5-4+;;;;;;. The van der Waals surface area contributed by atoms with E-state index in [1.54, 1.807) is 48.5 Å². The Hall–Kier alpha value is -5.85. The normalized spacial score (nSPS) is 9.33. The molecule has 0 atom stereocenters. The van der Waals surface area contributed by atoms with Gasteiger partial charge in [-0.15, -0.1) is 0 Å². The third-order valence-electron chi connectivity index (χ3n) is 8.74. The van der Waals surface area contributed by atoms with Crippen molar-refractivity contribution >= 4 is 75.7 Å². The second-order valence-electron chi connectivity index (χ2n) is 18.3. The molecule has 0 unspecified atom stereocenters. The molecule has 0 aromatic rings. The molecular formula is C62H114O16. The van der Waals surface area contributed by atoms with Crippen molar-refractivity contribution in [3.8, 4) is 11.8 Å². The lowest BCUT2D eigenvalue weighted by Gasteiger charge is -2.03. The first-order chi connectivity index (χ1) is 33.5. The largest absolute Gasteiger partial charge is 0.469 e. The lowest BCUT2D eigenvalue weighted by molar-refractivity contribution is -0.145. The fraction of sp³-hybridized carbons (Fsp3) is 0.694. The van der Waals surface area contributed by atoms with Gasteiger partial charge in [0.1, 0.15) is 28.9 Å². The summed E-state index contributed by atoms with van der Waals surface area (Å²) in [5.74, 6) is 4.68. The molecular weight excluding hydrogens is 1000 g/mol. The smallest absolute Gasteiger partial charge is 0.306 e. The van der Waals surface area contributed by atoms with Crippen LogP contribution in [0, 0.1) is 53.3 Å². The number of hydrogen-bond donors (Lipinski definition) is 0. The van der Waals surface area contributed by atoms with Gasteiger partial charge in [0.05, 0.1) is 39.6 Å². The van der Waals surface area contributed by atoms with Gasteiger partial charge in [-0.05, 0) is 71.8 Å². The molecule has 0 saturated heterocycles. The highest BCUT2D eigenvalue weighted by molar-refractivity contribution is 5.99. The zero-order valence-corrected chi connectivity index (χ0v) is 48.5. The SMILES string of the molecule is C.C.C.C.C.CC#CC(=O)C(C)C.CC(=O)/C=C/C(=O)C(C)C.CC(=O)/C=C/C(=O)C(C)C.CC(=O)CCC(=O)C(C)C.CCOC(=O)CCC(=O)C(C)C.CCOC(=O)CCC(=O)C(C)C.COC(=O)CCC(=O)C(C)C. The third-order valence-corrected chi connectivity index (χ3v) is 8.74. The first kappa shape index (κ1) is 101. The van der Waals surface area contributed by atoms with Crippen molar-refractivity contribution in [3.63, 3.8) is 0 Å². The Kier molecular flexibility index (Phi) is 84.7. The topological polar surface area (TPSA) is 250 Å². The molecule has 0 aliphatic rings. The molecule has 0 heterocycles. The van der Waals surface area contributed by atoms with E-state index in [9.17, 15) is 62.3 Å². The maximum atomic E-state index is 11.0. The summed E-state index contributed by atoms with van der Waals surface area (Å²) in [5.41, 5.74) is 0. The first-order valence-electron chi connectivity index (χ1n) is 24.9. The van der Waals surface area contributed by atoms with Crippen molar-refractivity contribution in [1.82, 2.24) is 0 Å². The molecule has 0 aliphatic heterocycles. The molecule has 78 heavy (non-hydrogen) atoms. The highest BCUT2D eigenvalue weighted by atomic mass is 16.5. The predicted octanol–water partition coefficient (Wildman–Crippen LogP) is 13.0. The monoisotopic (exact) mass is 1110 g/mol. The Labute approximate surface area is 475 Å². The summed E-state index contributed by atoms with van der Waals surface area (Å²) in [4.78, 5) is 139. The zero-order chi connectivity index (χ0) is 59.0. The highest BCUT2D eigenvalue weighted by Gasteiger charge is 2.12. The van der Waals surface area contributed by atoms with E-state index in [4.69, 9.17) is 0 Å². The van der Waals surface area contributed by atoms with Crippen LogP contribution in [0.5, 0.6) is 0 Å². The van der Waals surface area contributed by atoms with Crippen molar-refractivity contribution in [2.24, 2.45) is 41.4 Å². The van der Waals surface area contributed by atoms with Gasteiger partial charge in [0, 0.05) is 73.5 Å². The van der Waals surface area contributed by atoms with Crippen LogP contribution in [0.3, 0.4) is 0 Å². The van der Waals surface area contributed by atoms with Gasteiger partial charge < -0.3 is 19.0 Å². The minimum atomic E-state index is -0.320. The van der Waals surface area contributed by atoms with E-state index in [0.29, 0.717) is 45.3 Å². The number of hydrogen-bond acceptors (Lipinski definition) is 16. The van der Waals surface area contributed by atoms with E-state index in [2.05, 4.69) is 26.1 Å². The minimum Gasteiger partial charge on any atom is -0.469 e. The summed E-state index contributed by atoms with van der Waals surface area (Å²) < 4.78 is 13.8. The van der Waals surface area contributed by atoms with Gasteiger partial charge in [-0.25, -0.2) is 0 Å². The Morgan fingerprint density at radius 1 is 0.372 bits per heavy atom. The van der Waals surface area contributed by atoms with E-state index in [-0.39, 0.29) is 174 Å². The molecule has 0 radical (unpaired) electrons. The lowest BCUT2D eigenvalue weighted by atomic mass is 10.0. The molecule has 0 bridgehead atoms. The molecule has 0 saturated carbocycles. The highest BCUT2D eigenvalue weighted by Crippen LogP contribution is 2.05. The molecule has 0 amide bonds. The van der Waals surface area contributed by atoms with Crippen LogP contribution in [0.1, 0.15) is 227 Å².